The van der Waals surface area contributed by atoms with Crippen molar-refractivity contribution >= 4 is 23.9 Å². The number of hydrogen-bond donors (Lipinski definition) is 4. The number of rotatable bonds is 13. The average Bonchev–Trinajstić information content (AvgIpc) is 3.27. The van der Waals surface area contributed by atoms with Gasteiger partial charge in [-0.3, -0.25) is 9.89 Å². The molecule has 230 valence electrons. The van der Waals surface area contributed by atoms with Crippen molar-refractivity contribution in [1.29, 1.82) is 5.41 Å². The molecule has 7 nitrogen and oxygen atoms in total. The van der Waals surface area contributed by atoms with Crippen molar-refractivity contribution in [2.45, 2.75) is 38.4 Å². The predicted octanol–water partition coefficient (Wildman–Crippen LogP) is 6.38. The summed E-state index contributed by atoms with van der Waals surface area (Å²) in [6.45, 7) is 9.39. The van der Waals surface area contributed by atoms with Gasteiger partial charge in [-0.1, -0.05) is 19.2 Å². The number of anilines is 2. The molecule has 1 aliphatic rings. The fourth-order valence-electron chi connectivity index (χ4n) is 4.41. The quantitative estimate of drug-likeness (QED) is 0.121. The number of halogens is 6. The van der Waals surface area contributed by atoms with Gasteiger partial charge in [0.1, 0.15) is 17.3 Å². The first-order chi connectivity index (χ1) is 20.2. The van der Waals surface area contributed by atoms with Gasteiger partial charge in [0, 0.05) is 79.3 Å². The lowest BCUT2D eigenvalue weighted by Crippen LogP contribution is -2.28. The van der Waals surface area contributed by atoms with E-state index in [9.17, 15) is 22.0 Å². The Balaban J connectivity index is 1.80. The Morgan fingerprint density at radius 1 is 1.23 bits per heavy atom. The lowest BCUT2D eigenvalue weighted by atomic mass is 9.99. The van der Waals surface area contributed by atoms with E-state index in [1.165, 1.54) is 36.7 Å². The Hall–Kier alpha value is -4.39. The topological polar surface area (TPSA) is 102 Å². The second-order valence-corrected chi connectivity index (χ2v) is 9.82. The molecule has 1 aromatic carbocycles. The van der Waals surface area contributed by atoms with Crippen LogP contribution in [-0.2, 0) is 13.0 Å². The summed E-state index contributed by atoms with van der Waals surface area (Å²) in [5.74, 6) is -3.29. The van der Waals surface area contributed by atoms with Gasteiger partial charge >= 0.3 is 6.18 Å². The van der Waals surface area contributed by atoms with Crippen molar-refractivity contribution in [3.05, 3.63) is 101 Å². The molecule has 1 aliphatic heterocycles. The molecule has 13 heteroatoms. The van der Waals surface area contributed by atoms with Crippen molar-refractivity contribution in [2.24, 2.45) is 4.99 Å². The summed E-state index contributed by atoms with van der Waals surface area (Å²) in [7, 11) is 0. The first kappa shape index (κ1) is 33.1. The highest BCUT2D eigenvalue weighted by molar-refractivity contribution is 5.85. The summed E-state index contributed by atoms with van der Waals surface area (Å²) in [4.78, 5) is 9.55. The number of nitrogen functional groups attached to an aromatic ring is 1. The van der Waals surface area contributed by atoms with Crippen LogP contribution in [0.3, 0.4) is 0 Å². The van der Waals surface area contributed by atoms with E-state index < -0.39 is 35.7 Å². The molecule has 2 heterocycles. The van der Waals surface area contributed by atoms with E-state index in [4.69, 9.17) is 11.1 Å². The third kappa shape index (κ3) is 9.30. The van der Waals surface area contributed by atoms with Gasteiger partial charge in [0.2, 0.25) is 0 Å². The summed E-state index contributed by atoms with van der Waals surface area (Å²) >= 11 is 0. The fourth-order valence-corrected chi connectivity index (χ4v) is 4.41. The number of nitrogens with one attached hydrogen (secondary N) is 3. The number of nitrogens with zero attached hydrogens (tertiary/aromatic N) is 3. The van der Waals surface area contributed by atoms with Crippen LogP contribution < -0.4 is 16.4 Å². The minimum Gasteiger partial charge on any atom is -0.383 e. The second kappa shape index (κ2) is 14.2. The molecule has 2 aromatic rings. The average molecular weight is 606 g/mol. The van der Waals surface area contributed by atoms with Gasteiger partial charge in [-0.25, -0.2) is 18.2 Å². The number of likely N-dealkylation sites (tertiary alicyclic amines) is 1. The van der Waals surface area contributed by atoms with E-state index in [0.717, 1.165) is 6.07 Å². The van der Waals surface area contributed by atoms with Crippen LogP contribution in [0.2, 0.25) is 0 Å². The monoisotopic (exact) mass is 605 g/mol. The summed E-state index contributed by atoms with van der Waals surface area (Å²) in [6, 6.07) is 5.62. The molecule has 0 unspecified atom stereocenters. The van der Waals surface area contributed by atoms with E-state index in [1.54, 1.807) is 17.9 Å². The number of allylic oxidation sites excluding steroid dienone is 4. The van der Waals surface area contributed by atoms with Crippen LogP contribution >= 0.6 is 0 Å². The van der Waals surface area contributed by atoms with Crippen LogP contribution in [0.4, 0.5) is 37.8 Å². The predicted molar refractivity (Wildman–Crippen MR) is 158 cm³/mol. The zero-order chi connectivity index (χ0) is 31.8. The molecule has 1 saturated heterocycles. The number of alkyl halides is 5. The summed E-state index contributed by atoms with van der Waals surface area (Å²) in [5.41, 5.74) is 5.20. The summed E-state index contributed by atoms with van der Waals surface area (Å²) in [6.07, 6.45) is 0.983. The van der Waals surface area contributed by atoms with Crippen molar-refractivity contribution < 1.29 is 26.3 Å². The number of benzene rings is 1. The Bertz CT molecular complexity index is 1440. The largest absolute Gasteiger partial charge is 0.431 e. The van der Waals surface area contributed by atoms with Crippen LogP contribution in [0.25, 0.3) is 0 Å². The van der Waals surface area contributed by atoms with E-state index in [2.05, 4.69) is 33.8 Å². The Morgan fingerprint density at radius 3 is 2.58 bits per heavy atom. The van der Waals surface area contributed by atoms with Crippen molar-refractivity contribution in [3.8, 4) is 0 Å². The van der Waals surface area contributed by atoms with Gasteiger partial charge in [-0.2, -0.15) is 13.2 Å². The maximum atomic E-state index is 15.2. The number of hydrogen-bond acceptors (Lipinski definition) is 7. The molecule has 0 aliphatic carbocycles. The highest BCUT2D eigenvalue weighted by Crippen LogP contribution is 2.32. The highest BCUT2D eigenvalue weighted by Gasteiger charge is 2.39. The maximum Gasteiger partial charge on any atom is 0.431 e. The van der Waals surface area contributed by atoms with Crippen LogP contribution in [0, 0.1) is 11.2 Å². The molecular weight excluding hydrogens is 572 g/mol. The third-order valence-corrected chi connectivity index (χ3v) is 6.53. The van der Waals surface area contributed by atoms with Gasteiger partial charge in [-0.15, -0.1) is 0 Å². The normalized spacial score (nSPS) is 16.0. The van der Waals surface area contributed by atoms with Crippen molar-refractivity contribution in [3.63, 3.8) is 0 Å². The molecule has 5 N–H and O–H groups in total. The maximum absolute atomic E-state index is 15.2. The van der Waals surface area contributed by atoms with Crippen LogP contribution in [0.5, 0.6) is 0 Å². The second-order valence-electron chi connectivity index (χ2n) is 9.82. The summed E-state index contributed by atoms with van der Waals surface area (Å²) < 4.78 is 84.3. The highest BCUT2D eigenvalue weighted by atomic mass is 19.4. The Kier molecular flexibility index (Phi) is 10.9. The molecule has 43 heavy (non-hydrogen) atoms. The number of aromatic nitrogens is 1. The van der Waals surface area contributed by atoms with Gasteiger partial charge < -0.3 is 21.8 Å². The third-order valence-electron chi connectivity index (χ3n) is 6.53. The Labute approximate surface area is 246 Å². The zero-order valence-corrected chi connectivity index (χ0v) is 23.5. The van der Waals surface area contributed by atoms with Gasteiger partial charge in [0.15, 0.2) is 0 Å². The van der Waals surface area contributed by atoms with E-state index in [1.807, 2.05) is 0 Å². The molecule has 0 spiro atoms. The Morgan fingerprint density at radius 2 is 1.98 bits per heavy atom. The van der Waals surface area contributed by atoms with Crippen molar-refractivity contribution in [2.75, 3.05) is 30.7 Å². The van der Waals surface area contributed by atoms with Gasteiger partial charge in [0.25, 0.3) is 5.92 Å². The molecule has 3 rings (SSSR count). The molecule has 1 fully saturated rings. The standard InChI is InChI=1S/C30H33F6N7/c1-4-39-11-5-6-19(2)41-27(30(34,35)36)24(16-37)20(3)42-23-8-7-22(26(31)15-23)14-21-9-12-40-28(38)25(21)17-43-13-10-29(32,33)18-43/h5-9,11-12,15-16,37,41-42H,2-4,10,13-14,17-18H2,1H3,(H2,38,40)/b6-5-,27-24+,37-16?,39-11-. The minimum atomic E-state index is -4.89. The number of aliphatic imine (C=N–C) groups is 1. The molecular formula is C30H33F6N7. The lowest BCUT2D eigenvalue weighted by Gasteiger charge is -2.20. The fraction of sp³-hybridized carbons (Fsp3) is 0.300. The first-order valence-corrected chi connectivity index (χ1v) is 13.3. The van der Waals surface area contributed by atoms with Gasteiger partial charge in [0.05, 0.1) is 6.54 Å². The first-order valence-electron chi connectivity index (χ1n) is 13.3. The lowest BCUT2D eigenvalue weighted by molar-refractivity contribution is -0.0960. The zero-order valence-electron chi connectivity index (χ0n) is 23.5. The molecule has 0 bridgehead atoms. The number of pyridine rings is 1. The molecule has 0 amide bonds. The van der Waals surface area contributed by atoms with Crippen molar-refractivity contribution in [1.82, 2.24) is 15.2 Å². The van der Waals surface area contributed by atoms with E-state index in [0.29, 0.717) is 23.9 Å². The van der Waals surface area contributed by atoms with E-state index >= 15 is 4.39 Å². The smallest absolute Gasteiger partial charge is 0.383 e. The van der Waals surface area contributed by atoms with Gasteiger partial charge in [-0.05, 0) is 48.4 Å². The van der Waals surface area contributed by atoms with Crippen LogP contribution in [0.15, 0.2) is 83.4 Å². The van der Waals surface area contributed by atoms with E-state index in [-0.39, 0.29) is 54.4 Å². The molecule has 1 aromatic heterocycles. The molecule has 0 saturated carbocycles. The SMILES string of the molecule is C=C(/C=C\C=N/CC)N/C(=C(\C=N)C(=C)Nc1ccc(Cc2ccnc(N)c2CN2CCC(F)(F)C2)c(F)c1)C(F)(F)F. The molecule has 0 radical (unpaired) electrons. The molecule has 0 atom stereocenters. The number of nitrogens with two attached hydrogens (primary N) is 1. The van der Waals surface area contributed by atoms with Crippen LogP contribution in [0.1, 0.15) is 30.0 Å². The summed E-state index contributed by atoms with van der Waals surface area (Å²) in [5, 5.41) is 12.4. The minimum absolute atomic E-state index is 0.0751. The van der Waals surface area contributed by atoms with Crippen LogP contribution in [-0.4, -0.2) is 54.0 Å².